The van der Waals surface area contributed by atoms with Gasteiger partial charge in [-0.05, 0) is 42.2 Å². The van der Waals surface area contributed by atoms with E-state index in [0.717, 1.165) is 24.5 Å². The van der Waals surface area contributed by atoms with E-state index in [4.69, 9.17) is 15.3 Å². The molecule has 0 aliphatic rings. The van der Waals surface area contributed by atoms with Crippen molar-refractivity contribution in [3.8, 4) is 23.0 Å². The molecule has 0 radical (unpaired) electrons. The molecule has 24 heavy (non-hydrogen) atoms. The number of hydrogen-bond acceptors (Lipinski definition) is 5. The van der Waals surface area contributed by atoms with Gasteiger partial charge in [0, 0.05) is 12.1 Å². The van der Waals surface area contributed by atoms with E-state index < -0.39 is 5.97 Å². The van der Waals surface area contributed by atoms with Crippen molar-refractivity contribution in [3.05, 3.63) is 47.0 Å². The van der Waals surface area contributed by atoms with Crippen molar-refractivity contribution in [1.82, 2.24) is 0 Å². The first kappa shape index (κ1) is 19.2. The molecule has 0 amide bonds. The van der Waals surface area contributed by atoms with Gasteiger partial charge in [0.15, 0.2) is 0 Å². The predicted octanol–water partition coefficient (Wildman–Crippen LogP) is 3.41. The zero-order valence-corrected chi connectivity index (χ0v) is 13.7. The first-order valence-corrected chi connectivity index (χ1v) is 7.58. The summed E-state index contributed by atoms with van der Waals surface area (Å²) in [5, 5.41) is 45.3. The number of benzene rings is 2. The van der Waals surface area contributed by atoms with Gasteiger partial charge in [0.25, 0.3) is 0 Å². The van der Waals surface area contributed by atoms with Crippen molar-refractivity contribution < 1.29 is 30.3 Å². The van der Waals surface area contributed by atoms with Gasteiger partial charge in [-0.15, -0.1) is 0 Å². The summed E-state index contributed by atoms with van der Waals surface area (Å²) in [5.41, 5.74) is 1.28. The Morgan fingerprint density at radius 3 is 1.88 bits per heavy atom. The molecule has 2 rings (SSSR count). The standard InChI is InChI=1S/C10H12O4.C8H10O2/c1-2-3-6-4-7(11)5-8(12)9(6)10(13)14;1-2-6-3-7(9)5-8(10)4-6/h4-5,11-12H,2-3H2,1H3,(H,13,14);3-5,9-10H,2H2,1H3. The van der Waals surface area contributed by atoms with E-state index in [1.807, 2.05) is 13.8 Å². The lowest BCUT2D eigenvalue weighted by atomic mass is 10.0. The number of aromatic carboxylic acids is 1. The van der Waals surface area contributed by atoms with Crippen molar-refractivity contribution in [3.63, 3.8) is 0 Å². The Balaban J connectivity index is 0.000000254. The minimum atomic E-state index is -1.18. The highest BCUT2D eigenvalue weighted by atomic mass is 16.4. The molecule has 0 saturated heterocycles. The summed E-state index contributed by atoms with van der Waals surface area (Å²) in [4.78, 5) is 10.8. The van der Waals surface area contributed by atoms with E-state index in [1.165, 1.54) is 12.1 Å². The maximum absolute atomic E-state index is 10.8. The normalized spacial score (nSPS) is 9.92. The topological polar surface area (TPSA) is 118 Å². The largest absolute Gasteiger partial charge is 0.508 e. The molecule has 0 atom stereocenters. The van der Waals surface area contributed by atoms with Gasteiger partial charge in [-0.2, -0.15) is 0 Å². The quantitative estimate of drug-likeness (QED) is 0.585. The minimum absolute atomic E-state index is 0.115. The number of aromatic hydroxyl groups is 4. The first-order valence-electron chi connectivity index (χ1n) is 7.58. The second-order valence-electron chi connectivity index (χ2n) is 5.27. The number of carbonyl (C=O) groups is 1. The fourth-order valence-electron chi connectivity index (χ4n) is 2.24. The summed E-state index contributed by atoms with van der Waals surface area (Å²) in [5.74, 6) is -1.43. The lowest BCUT2D eigenvalue weighted by Crippen LogP contribution is -2.02. The maximum Gasteiger partial charge on any atom is 0.339 e. The van der Waals surface area contributed by atoms with Crippen molar-refractivity contribution in [1.29, 1.82) is 0 Å². The number of rotatable bonds is 4. The number of hydrogen-bond donors (Lipinski definition) is 5. The Labute approximate surface area is 140 Å². The molecule has 130 valence electrons. The zero-order chi connectivity index (χ0) is 18.3. The Morgan fingerprint density at radius 1 is 0.875 bits per heavy atom. The average Bonchev–Trinajstić information content (AvgIpc) is 2.46. The second kappa shape index (κ2) is 8.67. The van der Waals surface area contributed by atoms with Crippen LogP contribution in [0.25, 0.3) is 0 Å². The molecule has 5 N–H and O–H groups in total. The molecule has 2 aromatic rings. The molecule has 6 nitrogen and oxygen atoms in total. The van der Waals surface area contributed by atoms with Gasteiger partial charge in [0.05, 0.1) is 0 Å². The number of aryl methyl sites for hydroxylation is 2. The van der Waals surface area contributed by atoms with Crippen molar-refractivity contribution in [2.24, 2.45) is 0 Å². The van der Waals surface area contributed by atoms with Gasteiger partial charge in [0.2, 0.25) is 0 Å². The summed E-state index contributed by atoms with van der Waals surface area (Å²) < 4.78 is 0. The van der Waals surface area contributed by atoms with E-state index in [-0.39, 0.29) is 28.6 Å². The highest BCUT2D eigenvalue weighted by Gasteiger charge is 2.15. The summed E-state index contributed by atoms with van der Waals surface area (Å²) in [7, 11) is 0. The van der Waals surface area contributed by atoms with Crippen LogP contribution in [0.5, 0.6) is 23.0 Å². The predicted molar refractivity (Wildman–Crippen MR) is 89.9 cm³/mol. The summed E-state index contributed by atoms with van der Waals surface area (Å²) in [6, 6.07) is 6.99. The van der Waals surface area contributed by atoms with Crippen LogP contribution in [0.1, 0.15) is 41.8 Å². The number of phenolic OH excluding ortho intramolecular Hbond substituents is 3. The second-order valence-corrected chi connectivity index (χ2v) is 5.27. The highest BCUT2D eigenvalue weighted by Crippen LogP contribution is 2.28. The fourth-order valence-corrected chi connectivity index (χ4v) is 2.24. The van der Waals surface area contributed by atoms with E-state index in [1.54, 1.807) is 12.1 Å². The minimum Gasteiger partial charge on any atom is -0.508 e. The van der Waals surface area contributed by atoms with Crippen LogP contribution in [-0.2, 0) is 12.8 Å². The van der Waals surface area contributed by atoms with Gasteiger partial charge < -0.3 is 25.5 Å². The molecule has 0 heterocycles. The van der Waals surface area contributed by atoms with Crippen LogP contribution < -0.4 is 0 Å². The molecule has 2 aromatic carbocycles. The SMILES string of the molecule is CCCc1cc(O)cc(O)c1C(=O)O.CCc1cc(O)cc(O)c1. The Morgan fingerprint density at radius 2 is 1.42 bits per heavy atom. The smallest absolute Gasteiger partial charge is 0.339 e. The third-order valence-corrected chi connectivity index (χ3v) is 3.29. The molecule has 0 spiro atoms. The fraction of sp³-hybridized carbons (Fsp3) is 0.278. The molecular weight excluding hydrogens is 312 g/mol. The van der Waals surface area contributed by atoms with Crippen molar-refractivity contribution >= 4 is 5.97 Å². The van der Waals surface area contributed by atoms with E-state index in [0.29, 0.717) is 12.0 Å². The van der Waals surface area contributed by atoms with Crippen LogP contribution in [0.4, 0.5) is 0 Å². The van der Waals surface area contributed by atoms with Gasteiger partial charge in [0.1, 0.15) is 28.6 Å². The van der Waals surface area contributed by atoms with Crippen LogP contribution in [0, 0.1) is 0 Å². The molecule has 0 unspecified atom stereocenters. The monoisotopic (exact) mass is 334 g/mol. The summed E-state index contributed by atoms with van der Waals surface area (Å²) in [6.45, 7) is 3.86. The number of carboxylic acid groups (broad SMARTS) is 1. The lowest BCUT2D eigenvalue weighted by Gasteiger charge is -2.07. The van der Waals surface area contributed by atoms with Crippen molar-refractivity contribution in [2.45, 2.75) is 33.1 Å². The lowest BCUT2D eigenvalue weighted by molar-refractivity contribution is 0.0692. The summed E-state index contributed by atoms with van der Waals surface area (Å²) >= 11 is 0. The Bertz CT molecular complexity index is 689. The molecule has 0 aliphatic carbocycles. The molecule has 6 heteroatoms. The van der Waals surface area contributed by atoms with Crippen LogP contribution in [0.3, 0.4) is 0 Å². The van der Waals surface area contributed by atoms with Gasteiger partial charge in [-0.3, -0.25) is 0 Å². The van der Waals surface area contributed by atoms with Crippen LogP contribution in [0.15, 0.2) is 30.3 Å². The highest BCUT2D eigenvalue weighted by molar-refractivity contribution is 5.92. The Hall–Kier alpha value is -2.89. The first-order chi connectivity index (χ1) is 11.3. The average molecular weight is 334 g/mol. The molecule has 0 saturated carbocycles. The molecule has 0 aliphatic heterocycles. The summed E-state index contributed by atoms with van der Waals surface area (Å²) in [6.07, 6.45) is 2.09. The van der Waals surface area contributed by atoms with Gasteiger partial charge in [-0.25, -0.2) is 4.79 Å². The van der Waals surface area contributed by atoms with E-state index in [2.05, 4.69) is 0 Å². The van der Waals surface area contributed by atoms with Crippen LogP contribution >= 0.6 is 0 Å². The van der Waals surface area contributed by atoms with Gasteiger partial charge >= 0.3 is 5.97 Å². The molecular formula is C18H22O6. The number of phenols is 4. The zero-order valence-electron chi connectivity index (χ0n) is 13.7. The molecule has 0 fully saturated rings. The van der Waals surface area contributed by atoms with E-state index in [9.17, 15) is 15.0 Å². The van der Waals surface area contributed by atoms with Crippen molar-refractivity contribution in [2.75, 3.05) is 0 Å². The third-order valence-electron chi connectivity index (χ3n) is 3.29. The van der Waals surface area contributed by atoms with Gasteiger partial charge in [-0.1, -0.05) is 20.3 Å². The van der Waals surface area contributed by atoms with Crippen LogP contribution in [0.2, 0.25) is 0 Å². The Kier molecular flexibility index (Phi) is 6.92. The molecule has 0 bridgehead atoms. The van der Waals surface area contributed by atoms with Crippen LogP contribution in [-0.4, -0.2) is 31.5 Å². The molecule has 0 aromatic heterocycles. The van der Waals surface area contributed by atoms with E-state index >= 15 is 0 Å². The maximum atomic E-state index is 10.8. The number of carboxylic acids is 1. The third kappa shape index (κ3) is 5.39.